The van der Waals surface area contributed by atoms with Crippen LogP contribution in [0.2, 0.25) is 0 Å². The highest BCUT2D eigenvalue weighted by Gasteiger charge is 2.16. The second kappa shape index (κ2) is 5.67. The number of methoxy groups -OCH3 is 2. The van der Waals surface area contributed by atoms with Gasteiger partial charge in [0, 0.05) is 12.1 Å². The SMILES string of the molecule is COc1cc(CNO)cc(C(C)F)c1OC. The monoisotopic (exact) mass is 229 g/mol. The molecule has 0 fully saturated rings. The van der Waals surface area contributed by atoms with Crippen molar-refractivity contribution in [3.8, 4) is 11.5 Å². The van der Waals surface area contributed by atoms with E-state index in [0.717, 1.165) is 5.56 Å². The fraction of sp³-hybridized carbons (Fsp3) is 0.455. The molecule has 0 aliphatic carbocycles. The van der Waals surface area contributed by atoms with Crippen LogP contribution in [0.3, 0.4) is 0 Å². The first-order chi connectivity index (χ1) is 7.63. The average molecular weight is 229 g/mol. The van der Waals surface area contributed by atoms with Gasteiger partial charge in [-0.05, 0) is 24.6 Å². The lowest BCUT2D eigenvalue weighted by molar-refractivity contribution is 0.161. The average Bonchev–Trinajstić information content (AvgIpc) is 2.28. The third kappa shape index (κ3) is 2.62. The number of hydroxylamine groups is 1. The highest BCUT2D eigenvalue weighted by Crippen LogP contribution is 2.37. The molecule has 1 unspecified atom stereocenters. The summed E-state index contributed by atoms with van der Waals surface area (Å²) in [4.78, 5) is 0. The molecule has 0 saturated carbocycles. The summed E-state index contributed by atoms with van der Waals surface area (Å²) in [5.74, 6) is 0.842. The molecule has 1 aromatic rings. The number of alkyl halides is 1. The lowest BCUT2D eigenvalue weighted by Crippen LogP contribution is -2.08. The highest BCUT2D eigenvalue weighted by molar-refractivity contribution is 5.50. The summed E-state index contributed by atoms with van der Waals surface area (Å²) in [6, 6.07) is 3.32. The van der Waals surface area contributed by atoms with Crippen molar-refractivity contribution >= 4 is 0 Å². The number of rotatable bonds is 5. The van der Waals surface area contributed by atoms with Crippen LogP contribution in [0, 0.1) is 0 Å². The molecule has 0 aromatic heterocycles. The third-order valence-electron chi connectivity index (χ3n) is 2.28. The molecule has 5 heteroatoms. The van der Waals surface area contributed by atoms with Crippen molar-refractivity contribution in [2.75, 3.05) is 14.2 Å². The van der Waals surface area contributed by atoms with Gasteiger partial charge in [-0.25, -0.2) is 9.87 Å². The molecule has 1 aromatic carbocycles. The Morgan fingerprint density at radius 1 is 1.38 bits per heavy atom. The maximum Gasteiger partial charge on any atom is 0.166 e. The van der Waals surface area contributed by atoms with E-state index in [2.05, 4.69) is 0 Å². The maximum atomic E-state index is 13.4. The Morgan fingerprint density at radius 3 is 2.50 bits per heavy atom. The number of ether oxygens (including phenoxy) is 2. The van der Waals surface area contributed by atoms with Crippen molar-refractivity contribution in [2.24, 2.45) is 0 Å². The number of hydrogen-bond donors (Lipinski definition) is 2. The van der Waals surface area contributed by atoms with E-state index in [-0.39, 0.29) is 6.54 Å². The summed E-state index contributed by atoms with van der Waals surface area (Å²) < 4.78 is 23.6. The van der Waals surface area contributed by atoms with Crippen LogP contribution in [0.15, 0.2) is 12.1 Å². The normalized spacial score (nSPS) is 12.3. The number of halogens is 1. The van der Waals surface area contributed by atoms with Crippen LogP contribution in [0.4, 0.5) is 4.39 Å². The molecule has 1 rings (SSSR count). The molecule has 0 aliphatic rings. The minimum Gasteiger partial charge on any atom is -0.493 e. The fourth-order valence-electron chi connectivity index (χ4n) is 1.54. The molecule has 0 radical (unpaired) electrons. The number of hydrogen-bond acceptors (Lipinski definition) is 4. The molecule has 0 bridgehead atoms. The summed E-state index contributed by atoms with van der Waals surface area (Å²) in [6.45, 7) is 1.65. The van der Waals surface area contributed by atoms with E-state index in [1.807, 2.05) is 5.48 Å². The van der Waals surface area contributed by atoms with Crippen molar-refractivity contribution in [1.29, 1.82) is 0 Å². The van der Waals surface area contributed by atoms with Crippen LogP contribution in [0.25, 0.3) is 0 Å². The Bertz CT molecular complexity index is 355. The zero-order chi connectivity index (χ0) is 12.1. The number of nitrogens with one attached hydrogen (secondary N) is 1. The fourth-order valence-corrected chi connectivity index (χ4v) is 1.54. The van der Waals surface area contributed by atoms with Crippen molar-refractivity contribution in [1.82, 2.24) is 5.48 Å². The second-order valence-corrected chi connectivity index (χ2v) is 3.37. The Morgan fingerprint density at radius 2 is 2.06 bits per heavy atom. The van der Waals surface area contributed by atoms with Gasteiger partial charge in [0.15, 0.2) is 11.5 Å². The predicted molar refractivity (Wildman–Crippen MR) is 57.7 cm³/mol. The van der Waals surface area contributed by atoms with Gasteiger partial charge < -0.3 is 14.7 Å². The first kappa shape index (κ1) is 12.7. The van der Waals surface area contributed by atoms with E-state index < -0.39 is 6.17 Å². The quantitative estimate of drug-likeness (QED) is 0.760. The summed E-state index contributed by atoms with van der Waals surface area (Å²) in [7, 11) is 2.95. The van der Waals surface area contributed by atoms with E-state index in [9.17, 15) is 4.39 Å². The van der Waals surface area contributed by atoms with Crippen LogP contribution in [0.1, 0.15) is 24.2 Å². The molecule has 0 aliphatic heterocycles. The van der Waals surface area contributed by atoms with E-state index in [4.69, 9.17) is 14.7 Å². The molecule has 2 N–H and O–H groups in total. The van der Waals surface area contributed by atoms with Gasteiger partial charge in [0.25, 0.3) is 0 Å². The van der Waals surface area contributed by atoms with Gasteiger partial charge >= 0.3 is 0 Å². The van der Waals surface area contributed by atoms with Gasteiger partial charge in [-0.15, -0.1) is 0 Å². The van der Waals surface area contributed by atoms with Crippen molar-refractivity contribution in [3.63, 3.8) is 0 Å². The van der Waals surface area contributed by atoms with Crippen molar-refractivity contribution in [3.05, 3.63) is 23.3 Å². The standard InChI is InChI=1S/C11H16FNO3/c1-7(12)9-4-8(6-13-14)5-10(15-2)11(9)16-3/h4-5,7,13-14H,6H2,1-3H3. The molecular weight excluding hydrogens is 213 g/mol. The van der Waals surface area contributed by atoms with Crippen molar-refractivity contribution in [2.45, 2.75) is 19.6 Å². The van der Waals surface area contributed by atoms with E-state index in [1.165, 1.54) is 21.1 Å². The van der Waals surface area contributed by atoms with Crippen LogP contribution in [0.5, 0.6) is 11.5 Å². The van der Waals surface area contributed by atoms with Crippen LogP contribution in [-0.2, 0) is 6.54 Å². The summed E-state index contributed by atoms with van der Waals surface area (Å²) in [5, 5.41) is 8.62. The van der Waals surface area contributed by atoms with Gasteiger partial charge in [-0.2, -0.15) is 0 Å². The third-order valence-corrected chi connectivity index (χ3v) is 2.28. The molecule has 1 atom stereocenters. The second-order valence-electron chi connectivity index (χ2n) is 3.37. The topological polar surface area (TPSA) is 50.7 Å². The van der Waals surface area contributed by atoms with Gasteiger partial charge in [0.2, 0.25) is 0 Å². The van der Waals surface area contributed by atoms with Crippen LogP contribution in [-0.4, -0.2) is 19.4 Å². The van der Waals surface area contributed by atoms with Gasteiger partial charge in [-0.1, -0.05) is 0 Å². The Balaban J connectivity index is 3.25. The van der Waals surface area contributed by atoms with E-state index in [1.54, 1.807) is 12.1 Å². The Kier molecular flexibility index (Phi) is 4.52. The largest absolute Gasteiger partial charge is 0.493 e. The van der Waals surface area contributed by atoms with Crippen LogP contribution < -0.4 is 15.0 Å². The molecular formula is C11H16FNO3. The first-order valence-electron chi connectivity index (χ1n) is 4.89. The molecule has 0 amide bonds. The smallest absolute Gasteiger partial charge is 0.166 e. The minimum absolute atomic E-state index is 0.222. The van der Waals surface area contributed by atoms with Crippen LogP contribution >= 0.6 is 0 Å². The zero-order valence-electron chi connectivity index (χ0n) is 9.58. The molecule has 90 valence electrons. The molecule has 0 saturated heterocycles. The number of benzene rings is 1. The Labute approximate surface area is 93.9 Å². The first-order valence-corrected chi connectivity index (χ1v) is 4.89. The predicted octanol–water partition coefficient (Wildman–Crippen LogP) is 2.21. The minimum atomic E-state index is -1.16. The van der Waals surface area contributed by atoms with E-state index >= 15 is 0 Å². The molecule has 4 nitrogen and oxygen atoms in total. The summed E-state index contributed by atoms with van der Waals surface area (Å²) in [6.07, 6.45) is -1.16. The van der Waals surface area contributed by atoms with Gasteiger partial charge in [-0.3, -0.25) is 0 Å². The van der Waals surface area contributed by atoms with Crippen molar-refractivity contribution < 1.29 is 19.1 Å². The summed E-state index contributed by atoms with van der Waals surface area (Å²) >= 11 is 0. The zero-order valence-corrected chi connectivity index (χ0v) is 9.58. The molecule has 16 heavy (non-hydrogen) atoms. The highest BCUT2D eigenvalue weighted by atomic mass is 19.1. The maximum absolute atomic E-state index is 13.4. The van der Waals surface area contributed by atoms with Gasteiger partial charge in [0.05, 0.1) is 14.2 Å². The lowest BCUT2D eigenvalue weighted by Gasteiger charge is -2.15. The van der Waals surface area contributed by atoms with Gasteiger partial charge in [0.1, 0.15) is 6.17 Å². The Hall–Kier alpha value is -1.33. The summed E-state index contributed by atoms with van der Waals surface area (Å²) in [5.41, 5.74) is 3.15. The lowest BCUT2D eigenvalue weighted by atomic mass is 10.1. The van der Waals surface area contributed by atoms with E-state index in [0.29, 0.717) is 17.1 Å². The molecule has 0 heterocycles. The molecule has 0 spiro atoms.